The molecule has 0 aromatic heterocycles. The van der Waals surface area contributed by atoms with E-state index in [9.17, 15) is 4.79 Å². The lowest BCUT2D eigenvalue weighted by molar-refractivity contribution is -0.119. The molecule has 15 heavy (non-hydrogen) atoms. The van der Waals surface area contributed by atoms with Crippen LogP contribution in [0.25, 0.3) is 0 Å². The summed E-state index contributed by atoms with van der Waals surface area (Å²) in [5.41, 5.74) is 7.06. The SMILES string of the molecule is CC(=O)C1=COC(c2ccccc2N)O1. The number of anilines is 1. The van der Waals surface area contributed by atoms with Crippen molar-refractivity contribution in [3.05, 3.63) is 41.9 Å². The lowest BCUT2D eigenvalue weighted by Crippen LogP contribution is -2.05. The lowest BCUT2D eigenvalue weighted by atomic mass is 10.2. The van der Waals surface area contributed by atoms with Crippen LogP contribution in [0, 0.1) is 0 Å². The number of Topliss-reactive ketones (excluding diaryl/α,β-unsaturated/α-hetero) is 1. The normalized spacial score (nSPS) is 19.0. The fourth-order valence-electron chi connectivity index (χ4n) is 1.32. The standard InChI is InChI=1S/C11H11NO3/c1-7(13)10-6-14-11(15-10)8-4-2-3-5-9(8)12/h2-6,11H,12H2,1H3. The predicted molar refractivity (Wildman–Crippen MR) is 54.5 cm³/mol. The van der Waals surface area contributed by atoms with Gasteiger partial charge < -0.3 is 15.2 Å². The summed E-state index contributed by atoms with van der Waals surface area (Å²) in [6, 6.07) is 7.22. The average Bonchev–Trinajstić information content (AvgIpc) is 2.67. The zero-order valence-corrected chi connectivity index (χ0v) is 8.27. The van der Waals surface area contributed by atoms with Gasteiger partial charge in [0.25, 0.3) is 6.29 Å². The van der Waals surface area contributed by atoms with Crippen LogP contribution in [0.4, 0.5) is 5.69 Å². The molecular weight excluding hydrogens is 194 g/mol. The Morgan fingerprint density at radius 1 is 1.40 bits per heavy atom. The van der Waals surface area contributed by atoms with Crippen molar-refractivity contribution in [1.29, 1.82) is 0 Å². The minimum Gasteiger partial charge on any atom is -0.454 e. The van der Waals surface area contributed by atoms with E-state index in [1.165, 1.54) is 13.2 Å². The maximum absolute atomic E-state index is 11.0. The zero-order valence-electron chi connectivity index (χ0n) is 8.27. The van der Waals surface area contributed by atoms with Crippen LogP contribution in [0.15, 0.2) is 36.3 Å². The number of ether oxygens (including phenoxy) is 2. The fourth-order valence-corrected chi connectivity index (χ4v) is 1.32. The first-order valence-corrected chi connectivity index (χ1v) is 4.56. The third-order valence-corrected chi connectivity index (χ3v) is 2.13. The second kappa shape index (κ2) is 3.65. The Balaban J connectivity index is 2.17. The smallest absolute Gasteiger partial charge is 0.269 e. The van der Waals surface area contributed by atoms with Gasteiger partial charge in [0.2, 0.25) is 5.76 Å². The third-order valence-electron chi connectivity index (χ3n) is 2.13. The molecule has 2 rings (SSSR count). The topological polar surface area (TPSA) is 61.5 Å². The Bertz CT molecular complexity index is 426. The van der Waals surface area contributed by atoms with Crippen molar-refractivity contribution < 1.29 is 14.3 Å². The Morgan fingerprint density at radius 3 is 2.73 bits per heavy atom. The Hall–Kier alpha value is -1.97. The second-order valence-corrected chi connectivity index (χ2v) is 3.25. The van der Waals surface area contributed by atoms with Crippen LogP contribution < -0.4 is 5.73 Å². The van der Waals surface area contributed by atoms with E-state index >= 15 is 0 Å². The Kier molecular flexibility index (Phi) is 2.33. The number of para-hydroxylation sites is 1. The summed E-state index contributed by atoms with van der Waals surface area (Å²) in [7, 11) is 0. The largest absolute Gasteiger partial charge is 0.454 e. The second-order valence-electron chi connectivity index (χ2n) is 3.25. The number of ketones is 1. The van der Waals surface area contributed by atoms with Gasteiger partial charge >= 0.3 is 0 Å². The van der Waals surface area contributed by atoms with Crippen LogP contribution in [-0.4, -0.2) is 5.78 Å². The number of hydrogen-bond donors (Lipinski definition) is 1. The van der Waals surface area contributed by atoms with E-state index in [-0.39, 0.29) is 11.5 Å². The van der Waals surface area contributed by atoms with Crippen molar-refractivity contribution in [3.8, 4) is 0 Å². The number of rotatable bonds is 2. The monoisotopic (exact) mass is 205 g/mol. The molecule has 78 valence electrons. The minimum absolute atomic E-state index is 0.160. The third kappa shape index (κ3) is 1.79. The van der Waals surface area contributed by atoms with Crippen molar-refractivity contribution in [2.45, 2.75) is 13.2 Å². The molecule has 1 heterocycles. The van der Waals surface area contributed by atoms with E-state index in [1.54, 1.807) is 12.1 Å². The van der Waals surface area contributed by atoms with Gasteiger partial charge in [0, 0.05) is 12.6 Å². The first kappa shape index (κ1) is 9.58. The van der Waals surface area contributed by atoms with E-state index in [0.29, 0.717) is 5.69 Å². The molecule has 0 radical (unpaired) electrons. The Labute approximate surface area is 87.3 Å². The van der Waals surface area contributed by atoms with Crippen LogP contribution in [0.3, 0.4) is 0 Å². The number of carbonyl (C=O) groups excluding carboxylic acids is 1. The van der Waals surface area contributed by atoms with Gasteiger partial charge in [-0.3, -0.25) is 4.79 Å². The van der Waals surface area contributed by atoms with Crippen molar-refractivity contribution >= 4 is 11.5 Å². The highest BCUT2D eigenvalue weighted by molar-refractivity contribution is 5.91. The molecule has 0 bridgehead atoms. The Morgan fingerprint density at radius 2 is 2.13 bits per heavy atom. The molecule has 1 aliphatic rings. The van der Waals surface area contributed by atoms with Gasteiger partial charge in [-0.15, -0.1) is 0 Å². The van der Waals surface area contributed by atoms with Crippen LogP contribution in [-0.2, 0) is 14.3 Å². The van der Waals surface area contributed by atoms with Gasteiger partial charge in [-0.1, -0.05) is 12.1 Å². The van der Waals surface area contributed by atoms with Crippen molar-refractivity contribution in [1.82, 2.24) is 0 Å². The first-order valence-electron chi connectivity index (χ1n) is 4.56. The molecule has 4 heteroatoms. The number of allylic oxidation sites excluding steroid dienone is 1. The van der Waals surface area contributed by atoms with E-state index < -0.39 is 6.29 Å². The van der Waals surface area contributed by atoms with Gasteiger partial charge in [0.1, 0.15) is 6.26 Å². The molecule has 1 aromatic carbocycles. The average molecular weight is 205 g/mol. The molecule has 1 aromatic rings. The van der Waals surface area contributed by atoms with Crippen LogP contribution in [0.2, 0.25) is 0 Å². The summed E-state index contributed by atoms with van der Waals surface area (Å²) >= 11 is 0. The molecule has 0 aliphatic carbocycles. The molecule has 0 spiro atoms. The maximum Gasteiger partial charge on any atom is 0.269 e. The van der Waals surface area contributed by atoms with Crippen molar-refractivity contribution in [2.24, 2.45) is 0 Å². The van der Waals surface area contributed by atoms with Gasteiger partial charge in [-0.25, -0.2) is 0 Å². The molecular formula is C11H11NO3. The summed E-state index contributed by atoms with van der Waals surface area (Å²) in [6.45, 7) is 1.42. The maximum atomic E-state index is 11.0. The number of nitrogen functional groups attached to an aromatic ring is 1. The first-order chi connectivity index (χ1) is 7.18. The summed E-state index contributed by atoms with van der Waals surface area (Å²) in [5.74, 6) is 0.0651. The molecule has 0 amide bonds. The summed E-state index contributed by atoms with van der Waals surface area (Å²) in [5, 5.41) is 0. The highest BCUT2D eigenvalue weighted by Crippen LogP contribution is 2.31. The fraction of sp³-hybridized carbons (Fsp3) is 0.182. The van der Waals surface area contributed by atoms with Gasteiger partial charge in [-0.05, 0) is 12.1 Å². The highest BCUT2D eigenvalue weighted by atomic mass is 16.7. The van der Waals surface area contributed by atoms with Crippen LogP contribution >= 0.6 is 0 Å². The van der Waals surface area contributed by atoms with E-state index in [0.717, 1.165) is 5.56 Å². The molecule has 1 unspecified atom stereocenters. The number of nitrogens with two attached hydrogens (primary N) is 1. The van der Waals surface area contributed by atoms with Crippen LogP contribution in [0.5, 0.6) is 0 Å². The number of hydrogen-bond acceptors (Lipinski definition) is 4. The molecule has 0 fully saturated rings. The molecule has 1 aliphatic heterocycles. The van der Waals surface area contributed by atoms with Crippen LogP contribution in [0.1, 0.15) is 18.8 Å². The summed E-state index contributed by atoms with van der Waals surface area (Å²) in [4.78, 5) is 11.0. The van der Waals surface area contributed by atoms with E-state index in [4.69, 9.17) is 15.2 Å². The summed E-state index contributed by atoms with van der Waals surface area (Å²) in [6.07, 6.45) is 0.712. The van der Waals surface area contributed by atoms with E-state index in [1.807, 2.05) is 12.1 Å². The van der Waals surface area contributed by atoms with Crippen molar-refractivity contribution in [2.75, 3.05) is 5.73 Å². The lowest BCUT2D eigenvalue weighted by Gasteiger charge is -2.13. The highest BCUT2D eigenvalue weighted by Gasteiger charge is 2.25. The van der Waals surface area contributed by atoms with Gasteiger partial charge in [0.05, 0.1) is 5.56 Å². The molecule has 0 saturated carbocycles. The molecule has 1 atom stereocenters. The molecule has 4 nitrogen and oxygen atoms in total. The minimum atomic E-state index is -0.606. The predicted octanol–water partition coefficient (Wildman–Crippen LogP) is 1.74. The molecule has 2 N–H and O–H groups in total. The van der Waals surface area contributed by atoms with Gasteiger partial charge in [0.15, 0.2) is 5.78 Å². The quantitative estimate of drug-likeness (QED) is 0.747. The van der Waals surface area contributed by atoms with E-state index in [2.05, 4.69) is 0 Å². The van der Waals surface area contributed by atoms with Crippen molar-refractivity contribution in [3.63, 3.8) is 0 Å². The zero-order chi connectivity index (χ0) is 10.8. The molecule has 0 saturated heterocycles. The number of benzene rings is 1. The number of carbonyl (C=O) groups is 1. The summed E-state index contributed by atoms with van der Waals surface area (Å²) < 4.78 is 10.5. The van der Waals surface area contributed by atoms with Gasteiger partial charge in [-0.2, -0.15) is 0 Å².